The average molecular weight is 323 g/mol. The number of rotatable bonds is 5. The van der Waals surface area contributed by atoms with Crippen LogP contribution in [0.5, 0.6) is 0 Å². The summed E-state index contributed by atoms with van der Waals surface area (Å²) in [5.74, 6) is 0.186. The minimum Gasteiger partial charge on any atom is -0.382 e. The zero-order valence-corrected chi connectivity index (χ0v) is 12.8. The fourth-order valence-corrected chi connectivity index (χ4v) is 2.64. The Morgan fingerprint density at radius 3 is 2.77 bits per heavy atom. The predicted molar refractivity (Wildman–Crippen MR) is 70.0 cm³/mol. The number of morpholine rings is 1. The van der Waals surface area contributed by atoms with Crippen LogP contribution in [-0.2, 0) is 22.6 Å². The molecule has 10 heteroatoms. The van der Waals surface area contributed by atoms with E-state index in [2.05, 4.69) is 15.5 Å². The Morgan fingerprint density at radius 2 is 2.14 bits per heavy atom. The first-order valence-electron chi connectivity index (χ1n) is 6.89. The van der Waals surface area contributed by atoms with Crippen LogP contribution in [0.1, 0.15) is 19.7 Å². The predicted octanol–water partition coefficient (Wildman–Crippen LogP) is 0.861. The van der Waals surface area contributed by atoms with E-state index in [0.717, 1.165) is 4.68 Å². The summed E-state index contributed by atoms with van der Waals surface area (Å²) in [5, 5.41) is 10.5. The number of tetrazole rings is 1. The summed E-state index contributed by atoms with van der Waals surface area (Å²) >= 11 is 0. The van der Waals surface area contributed by atoms with Gasteiger partial charge < -0.3 is 9.47 Å². The van der Waals surface area contributed by atoms with Crippen molar-refractivity contribution in [1.82, 2.24) is 25.1 Å². The van der Waals surface area contributed by atoms with Crippen molar-refractivity contribution in [2.75, 3.05) is 26.8 Å². The van der Waals surface area contributed by atoms with E-state index in [4.69, 9.17) is 9.47 Å². The molecular formula is C12H20F3N5O2. The van der Waals surface area contributed by atoms with Crippen LogP contribution in [0.3, 0.4) is 0 Å². The maximum Gasteiger partial charge on any atom is 0.408 e. The molecule has 0 aromatic carbocycles. The molecule has 1 aliphatic heterocycles. The molecule has 7 nitrogen and oxygen atoms in total. The van der Waals surface area contributed by atoms with E-state index in [-0.39, 0.29) is 18.5 Å². The van der Waals surface area contributed by atoms with Gasteiger partial charge >= 0.3 is 6.18 Å². The van der Waals surface area contributed by atoms with Crippen molar-refractivity contribution in [2.45, 2.75) is 44.8 Å². The fourth-order valence-electron chi connectivity index (χ4n) is 2.64. The van der Waals surface area contributed by atoms with E-state index < -0.39 is 18.3 Å². The van der Waals surface area contributed by atoms with Crippen molar-refractivity contribution in [3.8, 4) is 0 Å². The Hall–Kier alpha value is -1.26. The van der Waals surface area contributed by atoms with E-state index in [1.165, 1.54) is 0 Å². The van der Waals surface area contributed by atoms with E-state index in [9.17, 15) is 13.2 Å². The molecule has 22 heavy (non-hydrogen) atoms. The first kappa shape index (κ1) is 17.1. The topological polar surface area (TPSA) is 65.3 Å². The molecule has 0 amide bonds. The van der Waals surface area contributed by atoms with Gasteiger partial charge in [0.2, 0.25) is 0 Å². The van der Waals surface area contributed by atoms with Gasteiger partial charge in [0.15, 0.2) is 5.82 Å². The van der Waals surface area contributed by atoms with Gasteiger partial charge in [0, 0.05) is 20.2 Å². The smallest absolute Gasteiger partial charge is 0.382 e. The summed E-state index contributed by atoms with van der Waals surface area (Å²) in [6.45, 7) is 4.46. The Labute approximate surface area is 126 Å². The number of hydrogen-bond donors (Lipinski definition) is 0. The highest BCUT2D eigenvalue weighted by Crippen LogP contribution is 2.23. The second-order valence-corrected chi connectivity index (χ2v) is 5.99. The van der Waals surface area contributed by atoms with Crippen molar-refractivity contribution >= 4 is 0 Å². The average Bonchev–Trinajstić information content (AvgIpc) is 2.72. The zero-order chi connectivity index (χ0) is 16.4. The summed E-state index contributed by atoms with van der Waals surface area (Å²) in [4.78, 5) is 1.98. The number of aromatic nitrogens is 4. The lowest BCUT2D eigenvalue weighted by Crippen LogP contribution is -2.53. The van der Waals surface area contributed by atoms with Crippen molar-refractivity contribution in [1.29, 1.82) is 0 Å². The molecule has 0 radical (unpaired) electrons. The molecule has 0 saturated carbocycles. The minimum absolute atomic E-state index is 0.138. The number of halogens is 3. The summed E-state index contributed by atoms with van der Waals surface area (Å²) in [6.07, 6.45) is -4.49. The molecule has 2 heterocycles. The highest BCUT2D eigenvalue weighted by atomic mass is 19.4. The highest BCUT2D eigenvalue weighted by molar-refractivity contribution is 4.89. The lowest BCUT2D eigenvalue weighted by molar-refractivity contribution is -0.156. The quantitative estimate of drug-likeness (QED) is 0.801. The molecule has 0 spiro atoms. The second kappa shape index (κ2) is 6.47. The van der Waals surface area contributed by atoms with Crippen molar-refractivity contribution in [3.05, 3.63) is 5.82 Å². The van der Waals surface area contributed by atoms with Gasteiger partial charge in [-0.15, -0.1) is 5.10 Å². The van der Waals surface area contributed by atoms with Gasteiger partial charge in [0.05, 0.1) is 24.9 Å². The second-order valence-electron chi connectivity index (χ2n) is 5.99. The molecule has 126 valence electrons. The molecule has 1 fully saturated rings. The van der Waals surface area contributed by atoms with Gasteiger partial charge in [-0.1, -0.05) is 0 Å². The summed E-state index contributed by atoms with van der Waals surface area (Å²) in [6, 6.07) is 0. The molecule has 2 rings (SSSR count). The van der Waals surface area contributed by atoms with Gasteiger partial charge in [-0.05, 0) is 24.3 Å². The van der Waals surface area contributed by atoms with Crippen LogP contribution in [-0.4, -0.2) is 69.8 Å². The normalized spacial score (nSPS) is 22.9. The first-order valence-corrected chi connectivity index (χ1v) is 6.89. The summed E-state index contributed by atoms with van der Waals surface area (Å²) in [7, 11) is 1.58. The van der Waals surface area contributed by atoms with Gasteiger partial charge in [-0.25, -0.2) is 4.68 Å². The maximum absolute atomic E-state index is 12.5. The van der Waals surface area contributed by atoms with Crippen LogP contribution in [0, 0.1) is 0 Å². The minimum atomic E-state index is -4.35. The van der Waals surface area contributed by atoms with Gasteiger partial charge in [-0.3, -0.25) is 4.90 Å². The third-order valence-electron chi connectivity index (χ3n) is 3.20. The van der Waals surface area contributed by atoms with Gasteiger partial charge in [0.25, 0.3) is 0 Å². The Balaban J connectivity index is 2.05. The van der Waals surface area contributed by atoms with Crippen LogP contribution in [0.2, 0.25) is 0 Å². The molecule has 0 bridgehead atoms. The molecule has 1 aromatic heterocycles. The van der Waals surface area contributed by atoms with Gasteiger partial charge in [0.1, 0.15) is 6.54 Å². The molecular weight excluding hydrogens is 303 g/mol. The number of methoxy groups -OCH3 is 1. The standard InChI is InChI=1S/C12H20F3N5O2/c1-11(2)7-19(4-9(22-11)6-21-3)5-10-16-17-18-20(10)8-12(13,14)15/h9H,4-8H2,1-3H3/t9-/m0/s1. The molecule has 0 aliphatic carbocycles. The third kappa shape index (κ3) is 4.89. The Bertz CT molecular complexity index is 491. The lowest BCUT2D eigenvalue weighted by atomic mass is 10.1. The van der Waals surface area contributed by atoms with Crippen molar-refractivity contribution < 1.29 is 22.6 Å². The van der Waals surface area contributed by atoms with Crippen LogP contribution in [0.4, 0.5) is 13.2 Å². The van der Waals surface area contributed by atoms with Crippen molar-refractivity contribution in [2.24, 2.45) is 0 Å². The third-order valence-corrected chi connectivity index (χ3v) is 3.20. The number of alkyl halides is 3. The fraction of sp³-hybridized carbons (Fsp3) is 0.917. The summed E-state index contributed by atoms with van der Waals surface area (Å²) < 4.78 is 49.2. The van der Waals surface area contributed by atoms with E-state index >= 15 is 0 Å². The summed E-state index contributed by atoms with van der Waals surface area (Å²) in [5.41, 5.74) is -0.413. The maximum atomic E-state index is 12.5. The largest absolute Gasteiger partial charge is 0.408 e. The Morgan fingerprint density at radius 1 is 1.41 bits per heavy atom. The van der Waals surface area contributed by atoms with E-state index in [0.29, 0.717) is 19.7 Å². The highest BCUT2D eigenvalue weighted by Gasteiger charge is 2.35. The van der Waals surface area contributed by atoms with Gasteiger partial charge in [-0.2, -0.15) is 13.2 Å². The lowest BCUT2D eigenvalue weighted by Gasteiger charge is -2.42. The molecule has 1 aromatic rings. The SMILES string of the molecule is COC[C@@H]1CN(Cc2nnnn2CC(F)(F)F)CC(C)(C)O1. The van der Waals surface area contributed by atoms with E-state index in [1.54, 1.807) is 7.11 Å². The molecule has 1 saturated heterocycles. The van der Waals surface area contributed by atoms with Crippen LogP contribution < -0.4 is 0 Å². The molecule has 1 atom stereocenters. The van der Waals surface area contributed by atoms with Crippen molar-refractivity contribution in [3.63, 3.8) is 0 Å². The molecule has 0 unspecified atom stereocenters. The number of nitrogens with zero attached hydrogens (tertiary/aromatic N) is 5. The zero-order valence-electron chi connectivity index (χ0n) is 12.8. The molecule has 0 N–H and O–H groups in total. The number of ether oxygens (including phenoxy) is 2. The van der Waals surface area contributed by atoms with Crippen LogP contribution >= 0.6 is 0 Å². The monoisotopic (exact) mass is 323 g/mol. The van der Waals surface area contributed by atoms with Crippen LogP contribution in [0.15, 0.2) is 0 Å². The first-order chi connectivity index (χ1) is 10.2. The van der Waals surface area contributed by atoms with Crippen LogP contribution in [0.25, 0.3) is 0 Å². The van der Waals surface area contributed by atoms with E-state index in [1.807, 2.05) is 18.7 Å². The molecule has 1 aliphatic rings. The number of hydrogen-bond acceptors (Lipinski definition) is 6. The Kier molecular flexibility index (Phi) is 5.03.